The second-order valence-electron chi connectivity index (χ2n) is 9.22. The number of ether oxygens (including phenoxy) is 2. The maximum atomic E-state index is 13.0. The summed E-state index contributed by atoms with van der Waals surface area (Å²) in [6.07, 6.45) is 0.727. The summed E-state index contributed by atoms with van der Waals surface area (Å²) in [6.45, 7) is 3.00. The summed E-state index contributed by atoms with van der Waals surface area (Å²) in [5, 5.41) is 4.08. The van der Waals surface area contributed by atoms with Crippen molar-refractivity contribution in [3.63, 3.8) is 0 Å². The van der Waals surface area contributed by atoms with Gasteiger partial charge in [0.15, 0.2) is 11.5 Å². The average Bonchev–Trinajstić information content (AvgIpc) is 3.46. The van der Waals surface area contributed by atoms with Gasteiger partial charge in [0, 0.05) is 44.6 Å². The van der Waals surface area contributed by atoms with Crippen molar-refractivity contribution in [1.29, 1.82) is 0 Å². The molecule has 1 amide bonds. The van der Waals surface area contributed by atoms with Crippen LogP contribution in [0.2, 0.25) is 0 Å². The van der Waals surface area contributed by atoms with Gasteiger partial charge in [-0.1, -0.05) is 65.8 Å². The van der Waals surface area contributed by atoms with E-state index in [1.54, 1.807) is 26.4 Å². The molecule has 2 heterocycles. The molecule has 38 heavy (non-hydrogen) atoms. The fourth-order valence-corrected chi connectivity index (χ4v) is 4.94. The maximum absolute atomic E-state index is 13.0. The Balaban J connectivity index is 1.18. The molecule has 1 aliphatic rings. The Hall–Kier alpha value is -4.17. The summed E-state index contributed by atoms with van der Waals surface area (Å²) in [4.78, 5) is 21.9. The van der Waals surface area contributed by atoms with Gasteiger partial charge in [-0.05, 0) is 29.3 Å². The van der Waals surface area contributed by atoms with Crippen molar-refractivity contribution in [2.24, 2.45) is 0 Å². The summed E-state index contributed by atoms with van der Waals surface area (Å²) in [5.41, 5.74) is 3.28. The molecule has 0 spiro atoms. The molecule has 0 N–H and O–H groups in total. The zero-order valence-electron chi connectivity index (χ0n) is 21.7. The maximum Gasteiger partial charge on any atom is 0.227 e. The van der Waals surface area contributed by atoms with E-state index in [4.69, 9.17) is 14.0 Å². The van der Waals surface area contributed by atoms with E-state index in [1.807, 2.05) is 23.1 Å². The Kier molecular flexibility index (Phi) is 7.99. The first-order valence-electron chi connectivity index (χ1n) is 12.8. The number of benzene rings is 3. The highest BCUT2D eigenvalue weighted by Gasteiger charge is 2.28. The van der Waals surface area contributed by atoms with Crippen molar-refractivity contribution in [2.75, 3.05) is 40.4 Å². The molecule has 0 aliphatic carbocycles. The third kappa shape index (κ3) is 5.70. The summed E-state index contributed by atoms with van der Waals surface area (Å²) in [7, 11) is 3.17. The molecule has 0 unspecified atom stereocenters. The van der Waals surface area contributed by atoms with Crippen LogP contribution in [0.5, 0.6) is 11.5 Å². The fraction of sp³-hybridized carbons (Fsp3) is 0.300. The number of carbonyl (C=O) groups is 1. The number of methoxy groups -OCH3 is 2. The van der Waals surface area contributed by atoms with Crippen molar-refractivity contribution in [2.45, 2.75) is 18.9 Å². The molecular formula is C30H32N4O4. The number of nitrogens with zero attached hydrogens (tertiary/aromatic N) is 4. The van der Waals surface area contributed by atoms with Crippen LogP contribution in [0.15, 0.2) is 83.4 Å². The SMILES string of the molecule is COc1ccc(-c2noc(CCC(=O)N3CCN(C(c4ccccc4)c4ccccc4)CC3)n2)cc1OC. The average molecular weight is 513 g/mol. The molecule has 1 fully saturated rings. The van der Waals surface area contributed by atoms with Gasteiger partial charge in [-0.3, -0.25) is 9.69 Å². The predicted octanol–water partition coefficient (Wildman–Crippen LogP) is 4.62. The summed E-state index contributed by atoms with van der Waals surface area (Å²) in [5.74, 6) is 2.22. The van der Waals surface area contributed by atoms with Crippen molar-refractivity contribution < 1.29 is 18.8 Å². The van der Waals surface area contributed by atoms with E-state index < -0.39 is 0 Å². The van der Waals surface area contributed by atoms with Crippen LogP contribution in [0.1, 0.15) is 29.5 Å². The summed E-state index contributed by atoms with van der Waals surface area (Å²) in [6, 6.07) is 26.7. The van der Waals surface area contributed by atoms with Crippen LogP contribution in [0, 0.1) is 0 Å². The van der Waals surface area contributed by atoms with Crippen LogP contribution >= 0.6 is 0 Å². The van der Waals surface area contributed by atoms with E-state index in [0.29, 0.717) is 49.1 Å². The van der Waals surface area contributed by atoms with E-state index in [0.717, 1.165) is 18.7 Å². The van der Waals surface area contributed by atoms with Crippen molar-refractivity contribution in [3.05, 3.63) is 95.9 Å². The first-order chi connectivity index (χ1) is 18.7. The van der Waals surface area contributed by atoms with Gasteiger partial charge in [0.25, 0.3) is 0 Å². The van der Waals surface area contributed by atoms with Crippen LogP contribution in [-0.2, 0) is 11.2 Å². The quantitative estimate of drug-likeness (QED) is 0.324. The number of carbonyl (C=O) groups excluding carboxylic acids is 1. The first kappa shape index (κ1) is 25.5. The lowest BCUT2D eigenvalue weighted by Gasteiger charge is -2.39. The van der Waals surface area contributed by atoms with Gasteiger partial charge < -0.3 is 18.9 Å². The molecule has 196 valence electrons. The lowest BCUT2D eigenvalue weighted by Crippen LogP contribution is -2.49. The van der Waals surface area contributed by atoms with Gasteiger partial charge >= 0.3 is 0 Å². The number of piperazine rings is 1. The molecule has 3 aromatic carbocycles. The molecule has 0 radical (unpaired) electrons. The highest BCUT2D eigenvalue weighted by molar-refractivity contribution is 5.76. The Morgan fingerprint density at radius 2 is 1.50 bits per heavy atom. The molecule has 0 bridgehead atoms. The Labute approximate surface area is 222 Å². The zero-order valence-corrected chi connectivity index (χ0v) is 21.7. The second kappa shape index (κ2) is 11.9. The lowest BCUT2D eigenvalue weighted by molar-refractivity contribution is -0.133. The number of aromatic nitrogens is 2. The van der Waals surface area contributed by atoms with Crippen molar-refractivity contribution in [1.82, 2.24) is 19.9 Å². The van der Waals surface area contributed by atoms with E-state index >= 15 is 0 Å². The minimum atomic E-state index is 0.103. The topological polar surface area (TPSA) is 80.9 Å². The monoisotopic (exact) mass is 512 g/mol. The minimum absolute atomic E-state index is 0.103. The van der Waals surface area contributed by atoms with Gasteiger partial charge in [-0.25, -0.2) is 0 Å². The smallest absolute Gasteiger partial charge is 0.227 e. The summed E-state index contributed by atoms with van der Waals surface area (Å²) >= 11 is 0. The van der Waals surface area contributed by atoms with Crippen LogP contribution in [0.4, 0.5) is 0 Å². The zero-order chi connectivity index (χ0) is 26.3. The van der Waals surface area contributed by atoms with Crippen LogP contribution in [0.25, 0.3) is 11.4 Å². The molecule has 8 nitrogen and oxygen atoms in total. The summed E-state index contributed by atoms with van der Waals surface area (Å²) < 4.78 is 16.1. The van der Waals surface area contributed by atoms with E-state index in [-0.39, 0.29) is 11.9 Å². The number of hydrogen-bond acceptors (Lipinski definition) is 7. The molecule has 1 aromatic heterocycles. The van der Waals surface area contributed by atoms with E-state index in [2.05, 4.69) is 63.6 Å². The molecule has 8 heteroatoms. The number of hydrogen-bond donors (Lipinski definition) is 0. The molecule has 1 aliphatic heterocycles. The molecule has 0 saturated carbocycles. The van der Waals surface area contributed by atoms with E-state index in [9.17, 15) is 4.79 Å². The van der Waals surface area contributed by atoms with Crippen LogP contribution < -0.4 is 9.47 Å². The predicted molar refractivity (Wildman–Crippen MR) is 144 cm³/mol. The lowest BCUT2D eigenvalue weighted by atomic mass is 9.96. The normalized spacial score (nSPS) is 14.0. The van der Waals surface area contributed by atoms with Gasteiger partial charge in [0.1, 0.15) is 0 Å². The largest absolute Gasteiger partial charge is 0.493 e. The third-order valence-electron chi connectivity index (χ3n) is 6.93. The third-order valence-corrected chi connectivity index (χ3v) is 6.93. The van der Waals surface area contributed by atoms with Crippen molar-refractivity contribution >= 4 is 5.91 Å². The van der Waals surface area contributed by atoms with Gasteiger partial charge in [0.05, 0.1) is 20.3 Å². The van der Waals surface area contributed by atoms with Crippen LogP contribution in [0.3, 0.4) is 0 Å². The number of aryl methyl sites for hydroxylation is 1. The van der Waals surface area contributed by atoms with Crippen molar-refractivity contribution in [3.8, 4) is 22.9 Å². The number of amides is 1. The first-order valence-corrected chi connectivity index (χ1v) is 12.8. The highest BCUT2D eigenvalue weighted by Crippen LogP contribution is 2.32. The minimum Gasteiger partial charge on any atom is -0.493 e. The molecule has 4 aromatic rings. The molecule has 1 saturated heterocycles. The second-order valence-corrected chi connectivity index (χ2v) is 9.22. The van der Waals surface area contributed by atoms with Crippen LogP contribution in [-0.4, -0.2) is 66.2 Å². The van der Waals surface area contributed by atoms with Gasteiger partial charge in [-0.2, -0.15) is 4.98 Å². The fourth-order valence-electron chi connectivity index (χ4n) is 4.94. The molecular weight excluding hydrogens is 480 g/mol. The molecule has 5 rings (SSSR count). The Bertz CT molecular complexity index is 1300. The standard InChI is InChI=1S/C30H32N4O4/c1-36-25-14-13-24(21-26(25)37-2)30-31-27(38-32-30)15-16-28(35)33-17-19-34(20-18-33)29(22-9-5-3-6-10-22)23-11-7-4-8-12-23/h3-14,21,29H,15-20H2,1-2H3. The van der Waals surface area contributed by atoms with Gasteiger partial charge in [0.2, 0.25) is 17.6 Å². The highest BCUT2D eigenvalue weighted by atomic mass is 16.5. The molecule has 0 atom stereocenters. The van der Waals surface area contributed by atoms with Gasteiger partial charge in [-0.15, -0.1) is 0 Å². The number of rotatable bonds is 9. The Morgan fingerprint density at radius 3 is 2.11 bits per heavy atom. The van der Waals surface area contributed by atoms with E-state index in [1.165, 1.54) is 11.1 Å². The Morgan fingerprint density at radius 1 is 0.868 bits per heavy atom.